The fourth-order valence-corrected chi connectivity index (χ4v) is 3.01. The summed E-state index contributed by atoms with van der Waals surface area (Å²) >= 11 is 0. The van der Waals surface area contributed by atoms with E-state index >= 15 is 0 Å². The summed E-state index contributed by atoms with van der Waals surface area (Å²) in [6, 6.07) is 21.2. The van der Waals surface area contributed by atoms with Gasteiger partial charge in [0.15, 0.2) is 17.7 Å². The van der Waals surface area contributed by atoms with Gasteiger partial charge >= 0.3 is 6.09 Å². The van der Waals surface area contributed by atoms with Crippen LogP contribution in [-0.4, -0.2) is 44.6 Å². The largest absolute Gasteiger partial charge is 0.486 e. The number of carbonyl (C=O) groups excluding carboxylic acids is 1. The summed E-state index contributed by atoms with van der Waals surface area (Å²) < 4.78 is 22.5. The third-order valence-corrected chi connectivity index (χ3v) is 4.73. The predicted molar refractivity (Wildman–Crippen MR) is 120 cm³/mol. The van der Waals surface area contributed by atoms with Crippen LogP contribution in [0.5, 0.6) is 11.5 Å². The van der Waals surface area contributed by atoms with Gasteiger partial charge in [-0.05, 0) is 28.5 Å². The molecule has 162 valence electrons. The van der Waals surface area contributed by atoms with Crippen molar-refractivity contribution in [2.45, 2.75) is 12.8 Å². The molecule has 1 atom stereocenters. The molecule has 3 aromatic carbocycles. The number of carbonyl (C=O) groups is 1. The topological polar surface area (TPSA) is 57.2 Å². The molecule has 6 nitrogen and oxygen atoms in total. The second kappa shape index (κ2) is 11.2. The number of benzene rings is 3. The Hall–Kier alpha value is -3.35. The Bertz CT molecular complexity index is 1010. The third kappa shape index (κ3) is 6.07. The van der Waals surface area contributed by atoms with E-state index in [0.29, 0.717) is 24.7 Å². The Labute approximate surface area is 182 Å². The molecule has 0 spiro atoms. The molecule has 0 saturated heterocycles. The number of ether oxygens (including phenoxy) is 4. The highest BCUT2D eigenvalue weighted by Crippen LogP contribution is 2.33. The van der Waals surface area contributed by atoms with Gasteiger partial charge in [0.1, 0.15) is 6.61 Å². The number of methoxy groups -OCH3 is 1. The number of hydrogen-bond donors (Lipinski definition) is 0. The van der Waals surface area contributed by atoms with Crippen molar-refractivity contribution in [3.05, 3.63) is 84.9 Å². The van der Waals surface area contributed by atoms with Crippen LogP contribution in [0.2, 0.25) is 0 Å². The first-order valence-corrected chi connectivity index (χ1v) is 9.98. The predicted octanol–water partition coefficient (Wildman–Crippen LogP) is 5.02. The first-order valence-electron chi connectivity index (χ1n) is 9.98. The van der Waals surface area contributed by atoms with Crippen molar-refractivity contribution >= 4 is 16.9 Å². The van der Waals surface area contributed by atoms with Crippen molar-refractivity contribution in [3.8, 4) is 11.5 Å². The van der Waals surface area contributed by atoms with Crippen LogP contribution in [0.15, 0.2) is 79.4 Å². The van der Waals surface area contributed by atoms with Gasteiger partial charge in [0.2, 0.25) is 0 Å². The number of amides is 1. The lowest BCUT2D eigenvalue weighted by molar-refractivity contribution is -0.0652. The zero-order valence-electron chi connectivity index (χ0n) is 17.8. The van der Waals surface area contributed by atoms with Gasteiger partial charge in [0.25, 0.3) is 0 Å². The molecule has 0 N–H and O–H groups in total. The van der Waals surface area contributed by atoms with Gasteiger partial charge in [-0.25, -0.2) is 4.79 Å². The maximum absolute atomic E-state index is 12.8. The first-order chi connectivity index (χ1) is 15.1. The van der Waals surface area contributed by atoms with Gasteiger partial charge in [-0.1, -0.05) is 67.3 Å². The standard InChI is InChI=1S/C25H27NO5/c1-4-14-30-22-15-20-12-8-9-13-21(20)16-23(22)31-25(27)26(2)24(28-3)18-29-17-19-10-6-5-7-11-19/h4-13,15-16,24H,1,14,17-18H2,2-3H3. The fourth-order valence-electron chi connectivity index (χ4n) is 3.01. The monoisotopic (exact) mass is 421 g/mol. The van der Waals surface area contributed by atoms with E-state index in [-0.39, 0.29) is 6.61 Å². The van der Waals surface area contributed by atoms with Gasteiger partial charge < -0.3 is 18.9 Å². The summed E-state index contributed by atoms with van der Waals surface area (Å²) in [6.45, 7) is 4.60. The van der Waals surface area contributed by atoms with Crippen molar-refractivity contribution in [1.82, 2.24) is 4.90 Å². The van der Waals surface area contributed by atoms with Gasteiger partial charge in [0, 0.05) is 14.2 Å². The lowest BCUT2D eigenvalue weighted by Gasteiger charge is -2.26. The highest BCUT2D eigenvalue weighted by molar-refractivity contribution is 5.87. The molecule has 31 heavy (non-hydrogen) atoms. The number of fused-ring (bicyclic) bond motifs is 1. The minimum Gasteiger partial charge on any atom is -0.486 e. The normalized spacial score (nSPS) is 11.7. The average molecular weight is 421 g/mol. The Morgan fingerprint density at radius 3 is 2.32 bits per heavy atom. The Kier molecular flexibility index (Phi) is 8.04. The van der Waals surface area contributed by atoms with Crippen molar-refractivity contribution in [2.24, 2.45) is 0 Å². The summed E-state index contributed by atoms with van der Waals surface area (Å²) in [7, 11) is 3.13. The Morgan fingerprint density at radius 2 is 1.68 bits per heavy atom. The zero-order chi connectivity index (χ0) is 22.1. The summed E-state index contributed by atoms with van der Waals surface area (Å²) in [5.74, 6) is 0.798. The highest BCUT2D eigenvalue weighted by Gasteiger charge is 2.23. The van der Waals surface area contributed by atoms with Crippen LogP contribution in [0.4, 0.5) is 4.79 Å². The number of nitrogens with zero attached hydrogens (tertiary/aromatic N) is 1. The van der Waals surface area contributed by atoms with Crippen LogP contribution in [0, 0.1) is 0 Å². The molecule has 0 aliphatic heterocycles. The van der Waals surface area contributed by atoms with E-state index < -0.39 is 12.3 Å². The second-order valence-electron chi connectivity index (χ2n) is 6.92. The molecule has 0 radical (unpaired) electrons. The highest BCUT2D eigenvalue weighted by atomic mass is 16.6. The molecule has 0 aliphatic carbocycles. The van der Waals surface area contributed by atoms with Crippen LogP contribution < -0.4 is 9.47 Å². The van der Waals surface area contributed by atoms with Crippen LogP contribution >= 0.6 is 0 Å². The maximum atomic E-state index is 12.8. The molecule has 6 heteroatoms. The first kappa shape index (κ1) is 22.3. The molecule has 1 amide bonds. The summed E-state index contributed by atoms with van der Waals surface area (Å²) in [5.41, 5.74) is 1.04. The van der Waals surface area contributed by atoms with E-state index in [2.05, 4.69) is 6.58 Å². The average Bonchev–Trinajstić information content (AvgIpc) is 2.80. The van der Waals surface area contributed by atoms with Crippen LogP contribution in [0.25, 0.3) is 10.8 Å². The summed E-state index contributed by atoms with van der Waals surface area (Å²) in [4.78, 5) is 14.2. The molecule has 0 fully saturated rings. The Balaban J connectivity index is 1.68. The lowest BCUT2D eigenvalue weighted by Crippen LogP contribution is -2.42. The minimum absolute atomic E-state index is 0.203. The summed E-state index contributed by atoms with van der Waals surface area (Å²) in [5, 5.41) is 1.92. The van der Waals surface area contributed by atoms with Gasteiger partial charge in [-0.15, -0.1) is 0 Å². The zero-order valence-corrected chi connectivity index (χ0v) is 17.8. The molecular formula is C25H27NO5. The van der Waals surface area contributed by atoms with Crippen LogP contribution in [0.1, 0.15) is 5.56 Å². The van der Waals surface area contributed by atoms with E-state index in [0.717, 1.165) is 16.3 Å². The van der Waals surface area contributed by atoms with Gasteiger partial charge in [-0.2, -0.15) is 0 Å². The van der Waals surface area contributed by atoms with Gasteiger partial charge in [-0.3, -0.25) is 4.90 Å². The molecule has 0 saturated carbocycles. The maximum Gasteiger partial charge on any atom is 0.417 e. The smallest absolute Gasteiger partial charge is 0.417 e. The third-order valence-electron chi connectivity index (χ3n) is 4.73. The van der Waals surface area contributed by atoms with Crippen LogP contribution in [0.3, 0.4) is 0 Å². The van der Waals surface area contributed by atoms with E-state index in [1.807, 2.05) is 60.7 Å². The molecule has 3 aromatic rings. The number of hydrogen-bond acceptors (Lipinski definition) is 5. The van der Waals surface area contributed by atoms with Crippen molar-refractivity contribution < 1.29 is 23.7 Å². The SMILES string of the molecule is C=CCOc1cc2ccccc2cc1OC(=O)N(C)C(COCc1ccccc1)OC. The van der Waals surface area contributed by atoms with E-state index in [1.54, 1.807) is 19.2 Å². The number of rotatable bonds is 10. The molecule has 3 rings (SSSR count). The summed E-state index contributed by atoms with van der Waals surface area (Å²) in [6.07, 6.45) is 0.459. The van der Waals surface area contributed by atoms with Crippen molar-refractivity contribution in [2.75, 3.05) is 27.4 Å². The second-order valence-corrected chi connectivity index (χ2v) is 6.92. The van der Waals surface area contributed by atoms with Gasteiger partial charge in [0.05, 0.1) is 13.2 Å². The molecule has 0 heterocycles. The minimum atomic E-state index is -0.603. The van der Waals surface area contributed by atoms with Crippen LogP contribution in [-0.2, 0) is 16.1 Å². The van der Waals surface area contributed by atoms with E-state index in [1.165, 1.54) is 12.0 Å². The van der Waals surface area contributed by atoms with E-state index in [9.17, 15) is 4.79 Å². The van der Waals surface area contributed by atoms with Crippen molar-refractivity contribution in [1.29, 1.82) is 0 Å². The Morgan fingerprint density at radius 1 is 1.03 bits per heavy atom. The molecule has 0 bridgehead atoms. The molecule has 1 unspecified atom stereocenters. The van der Waals surface area contributed by atoms with E-state index in [4.69, 9.17) is 18.9 Å². The van der Waals surface area contributed by atoms with Crippen molar-refractivity contribution in [3.63, 3.8) is 0 Å². The quantitative estimate of drug-likeness (QED) is 0.340. The molecular weight excluding hydrogens is 394 g/mol. The lowest BCUT2D eigenvalue weighted by atomic mass is 10.1. The molecule has 0 aromatic heterocycles. The molecule has 0 aliphatic rings. The number of likely N-dealkylation sites (N-methyl/N-ethyl adjacent to an activating group) is 1. The fraction of sp³-hybridized carbons (Fsp3) is 0.240.